The van der Waals surface area contributed by atoms with E-state index in [1.807, 2.05) is 6.92 Å². The predicted octanol–water partition coefficient (Wildman–Crippen LogP) is 4.15. The van der Waals surface area contributed by atoms with Crippen LogP contribution < -0.4 is 5.43 Å². The zero-order chi connectivity index (χ0) is 25.4. The Bertz CT molecular complexity index is 1370. The minimum absolute atomic E-state index is 0.0291. The smallest absolute Gasteiger partial charge is 0.267 e. The monoisotopic (exact) mass is 492 g/mol. The molecule has 3 aromatic carbocycles. The molecule has 0 saturated heterocycles. The zero-order valence-corrected chi connectivity index (χ0v) is 20.0. The molecule has 0 spiro atoms. The van der Waals surface area contributed by atoms with Gasteiger partial charge >= 0.3 is 0 Å². The van der Waals surface area contributed by atoms with E-state index in [2.05, 4.69) is 10.5 Å². The van der Waals surface area contributed by atoms with Crippen LogP contribution in [0.2, 0.25) is 0 Å². The maximum Gasteiger partial charge on any atom is 0.276 e. The van der Waals surface area contributed by atoms with Crippen molar-refractivity contribution in [2.24, 2.45) is 5.10 Å². The topological polar surface area (TPSA) is 122 Å². The number of sulfonamides is 1. The lowest BCUT2D eigenvalue weighted by molar-refractivity contribution is -0.385. The van der Waals surface area contributed by atoms with Crippen LogP contribution in [0.25, 0.3) is 6.08 Å². The molecule has 0 aliphatic carbocycles. The van der Waals surface area contributed by atoms with Gasteiger partial charge in [-0.05, 0) is 55.0 Å². The largest absolute Gasteiger partial charge is 0.276 e. The van der Waals surface area contributed by atoms with E-state index in [1.165, 1.54) is 35.8 Å². The summed E-state index contributed by atoms with van der Waals surface area (Å²) in [6, 6.07) is 19.4. The molecule has 0 bridgehead atoms. The van der Waals surface area contributed by atoms with Gasteiger partial charge in [0.2, 0.25) is 10.0 Å². The van der Waals surface area contributed by atoms with Crippen LogP contribution in [-0.4, -0.2) is 36.8 Å². The van der Waals surface area contributed by atoms with Crippen molar-refractivity contribution in [3.8, 4) is 0 Å². The molecule has 0 aliphatic rings. The summed E-state index contributed by atoms with van der Waals surface area (Å²) < 4.78 is 26.7. The first-order valence-electron chi connectivity index (χ1n) is 10.5. The van der Waals surface area contributed by atoms with Crippen LogP contribution in [0.4, 0.5) is 5.69 Å². The third kappa shape index (κ3) is 6.69. The highest BCUT2D eigenvalue weighted by atomic mass is 32.2. The number of aryl methyl sites for hydroxylation is 1. The number of benzene rings is 3. The second-order valence-corrected chi connectivity index (χ2v) is 9.71. The number of hydrogen-bond donors (Lipinski definition) is 1. The first-order valence-corrected chi connectivity index (χ1v) is 12.0. The van der Waals surface area contributed by atoms with E-state index in [9.17, 15) is 23.3 Å². The van der Waals surface area contributed by atoms with Gasteiger partial charge in [0.05, 0.1) is 15.4 Å². The van der Waals surface area contributed by atoms with E-state index in [4.69, 9.17) is 0 Å². The number of para-hydroxylation sites is 1. The van der Waals surface area contributed by atoms with Gasteiger partial charge in [-0.2, -0.15) is 9.41 Å². The molecule has 0 aromatic heterocycles. The molecular formula is C25H24N4O5S. The summed E-state index contributed by atoms with van der Waals surface area (Å²) in [5.41, 5.74) is 4.80. The van der Waals surface area contributed by atoms with Crippen molar-refractivity contribution >= 4 is 33.9 Å². The summed E-state index contributed by atoms with van der Waals surface area (Å²) in [6.07, 6.45) is 4.31. The van der Waals surface area contributed by atoms with Crippen molar-refractivity contribution in [3.63, 3.8) is 0 Å². The van der Waals surface area contributed by atoms with Crippen molar-refractivity contribution in [1.29, 1.82) is 0 Å². The molecule has 0 radical (unpaired) electrons. The number of nitrogens with zero attached hydrogens (tertiary/aromatic N) is 3. The highest BCUT2D eigenvalue weighted by molar-refractivity contribution is 7.89. The average molecular weight is 493 g/mol. The number of hydrogen-bond acceptors (Lipinski definition) is 6. The molecule has 1 N–H and O–H groups in total. The Balaban J connectivity index is 1.57. The van der Waals surface area contributed by atoms with Crippen LogP contribution in [0, 0.1) is 17.0 Å². The van der Waals surface area contributed by atoms with E-state index in [-0.39, 0.29) is 17.1 Å². The molecular weight excluding hydrogens is 468 g/mol. The lowest BCUT2D eigenvalue weighted by atomic mass is 10.1. The Labute approximate surface area is 203 Å². The number of hydrazone groups is 1. The van der Waals surface area contributed by atoms with E-state index in [0.717, 1.165) is 11.1 Å². The van der Waals surface area contributed by atoms with Gasteiger partial charge in [-0.15, -0.1) is 0 Å². The Kier molecular flexibility index (Phi) is 8.24. The quantitative estimate of drug-likeness (QED) is 0.273. The van der Waals surface area contributed by atoms with Crippen molar-refractivity contribution < 1.29 is 18.1 Å². The van der Waals surface area contributed by atoms with Gasteiger partial charge in [-0.3, -0.25) is 14.9 Å². The number of carbonyl (C=O) groups excluding carboxylic acids is 1. The maximum atomic E-state index is 12.7. The van der Waals surface area contributed by atoms with Crippen molar-refractivity contribution in [2.75, 3.05) is 7.05 Å². The molecule has 0 atom stereocenters. The Morgan fingerprint density at radius 1 is 1.06 bits per heavy atom. The molecule has 3 rings (SSSR count). The fourth-order valence-electron chi connectivity index (χ4n) is 3.14. The Morgan fingerprint density at radius 2 is 1.71 bits per heavy atom. The Hall–Kier alpha value is -4.15. The first-order chi connectivity index (χ1) is 16.7. The first kappa shape index (κ1) is 25.5. The number of rotatable bonds is 9. The number of carbonyl (C=O) groups is 1. The summed E-state index contributed by atoms with van der Waals surface area (Å²) >= 11 is 0. The van der Waals surface area contributed by atoms with Gasteiger partial charge in [0.15, 0.2) is 0 Å². The lowest BCUT2D eigenvalue weighted by Gasteiger charge is -2.17. The van der Waals surface area contributed by atoms with Crippen molar-refractivity contribution in [2.45, 2.75) is 18.4 Å². The van der Waals surface area contributed by atoms with E-state index in [1.54, 1.807) is 66.7 Å². The fourth-order valence-corrected chi connectivity index (χ4v) is 4.30. The van der Waals surface area contributed by atoms with Gasteiger partial charge in [0.1, 0.15) is 0 Å². The van der Waals surface area contributed by atoms with Crippen LogP contribution in [0.3, 0.4) is 0 Å². The molecule has 0 fully saturated rings. The number of allylic oxidation sites excluding steroid dienone is 1. The van der Waals surface area contributed by atoms with Crippen LogP contribution >= 0.6 is 0 Å². The minimum Gasteiger partial charge on any atom is -0.267 e. The SMILES string of the molecule is Cc1ccc(S(=O)(=O)N(C)Cc2ccc(C(=O)N/N=C\C=C\c3ccccc3[N+](=O)[O-])cc2)cc1. The zero-order valence-electron chi connectivity index (χ0n) is 19.2. The van der Waals surface area contributed by atoms with Gasteiger partial charge < -0.3 is 0 Å². The number of nitro benzene ring substituents is 1. The summed E-state index contributed by atoms with van der Waals surface area (Å²) in [5, 5.41) is 14.8. The van der Waals surface area contributed by atoms with E-state index in [0.29, 0.717) is 11.1 Å². The molecule has 0 heterocycles. The van der Waals surface area contributed by atoms with Crippen molar-refractivity contribution in [3.05, 3.63) is 111 Å². The fraction of sp³-hybridized carbons (Fsp3) is 0.120. The predicted molar refractivity (Wildman–Crippen MR) is 134 cm³/mol. The summed E-state index contributed by atoms with van der Waals surface area (Å²) in [6.45, 7) is 2.03. The average Bonchev–Trinajstić information content (AvgIpc) is 2.84. The van der Waals surface area contributed by atoms with Crippen molar-refractivity contribution in [1.82, 2.24) is 9.73 Å². The third-order valence-electron chi connectivity index (χ3n) is 5.09. The van der Waals surface area contributed by atoms with Crippen LogP contribution in [0.1, 0.15) is 27.0 Å². The maximum absolute atomic E-state index is 12.7. The standard InChI is InChI=1S/C25H24N4O5S/c1-19-9-15-23(16-10-19)35(33,34)28(2)18-20-11-13-22(14-12-20)25(30)27-26-17-5-7-21-6-3-4-8-24(21)29(31)32/h3-17H,18H2,1-2H3,(H,27,30)/b7-5+,26-17-. The van der Waals surface area contributed by atoms with Crippen LogP contribution in [0.5, 0.6) is 0 Å². The van der Waals surface area contributed by atoms with E-state index < -0.39 is 20.9 Å². The Morgan fingerprint density at radius 3 is 2.37 bits per heavy atom. The number of nitrogens with one attached hydrogen (secondary N) is 1. The summed E-state index contributed by atoms with van der Waals surface area (Å²) in [5.74, 6) is -0.451. The van der Waals surface area contributed by atoms with Crippen LogP contribution in [0.15, 0.2) is 88.9 Å². The molecule has 0 saturated carbocycles. The third-order valence-corrected chi connectivity index (χ3v) is 6.90. The van der Waals surface area contributed by atoms with Gasteiger partial charge in [-0.25, -0.2) is 13.8 Å². The highest BCUT2D eigenvalue weighted by Crippen LogP contribution is 2.19. The molecule has 9 nitrogen and oxygen atoms in total. The molecule has 10 heteroatoms. The highest BCUT2D eigenvalue weighted by Gasteiger charge is 2.20. The molecule has 0 unspecified atom stereocenters. The number of amides is 1. The summed E-state index contributed by atoms with van der Waals surface area (Å²) in [7, 11) is -2.13. The van der Waals surface area contributed by atoms with Gasteiger partial charge in [0, 0.05) is 31.4 Å². The normalized spacial score (nSPS) is 11.9. The van der Waals surface area contributed by atoms with Gasteiger partial charge in [0.25, 0.3) is 11.6 Å². The second-order valence-electron chi connectivity index (χ2n) is 7.67. The molecule has 180 valence electrons. The molecule has 1 amide bonds. The second kappa shape index (κ2) is 11.3. The minimum atomic E-state index is -3.63. The molecule has 35 heavy (non-hydrogen) atoms. The lowest BCUT2D eigenvalue weighted by Crippen LogP contribution is -2.26. The molecule has 0 aliphatic heterocycles. The number of nitro groups is 1. The molecule has 3 aromatic rings. The summed E-state index contributed by atoms with van der Waals surface area (Å²) in [4.78, 5) is 23.0. The van der Waals surface area contributed by atoms with Gasteiger partial charge in [-0.1, -0.05) is 42.0 Å². The van der Waals surface area contributed by atoms with Crippen LogP contribution in [-0.2, 0) is 16.6 Å². The van der Waals surface area contributed by atoms with E-state index >= 15 is 0 Å².